The maximum atomic E-state index is 12.7. The molecule has 0 fully saturated rings. The van der Waals surface area contributed by atoms with Crippen molar-refractivity contribution >= 4 is 29.4 Å². The number of carbonyl (C=O) groups is 2. The fourth-order valence-electron chi connectivity index (χ4n) is 1.49. The smallest absolute Gasteiger partial charge is 0.222 e. The SMILES string of the molecule is CNc1ccc(NC(C)=O)nc1.Nc1ccc(F)c(C=O)c1F. The van der Waals surface area contributed by atoms with Crippen LogP contribution in [-0.2, 0) is 4.79 Å². The second kappa shape index (κ2) is 8.42. The summed E-state index contributed by atoms with van der Waals surface area (Å²) in [7, 11) is 1.81. The average Bonchev–Trinajstić information content (AvgIpc) is 2.53. The van der Waals surface area contributed by atoms with Gasteiger partial charge in [-0.2, -0.15) is 0 Å². The van der Waals surface area contributed by atoms with Crippen molar-refractivity contribution in [3.05, 3.63) is 47.7 Å². The number of pyridine rings is 1. The van der Waals surface area contributed by atoms with Crippen LogP contribution in [0.25, 0.3) is 0 Å². The van der Waals surface area contributed by atoms with Crippen LogP contribution < -0.4 is 16.4 Å². The zero-order valence-electron chi connectivity index (χ0n) is 12.6. The molecule has 0 bridgehead atoms. The van der Waals surface area contributed by atoms with E-state index in [2.05, 4.69) is 15.6 Å². The van der Waals surface area contributed by atoms with Crippen LogP contribution in [0.4, 0.5) is 26.0 Å². The van der Waals surface area contributed by atoms with Gasteiger partial charge in [-0.25, -0.2) is 13.8 Å². The first-order chi connectivity index (χ1) is 10.9. The lowest BCUT2D eigenvalue weighted by Crippen LogP contribution is -2.07. The number of anilines is 3. The molecule has 122 valence electrons. The van der Waals surface area contributed by atoms with E-state index in [0.29, 0.717) is 5.82 Å². The second-order valence-electron chi connectivity index (χ2n) is 4.35. The van der Waals surface area contributed by atoms with E-state index in [1.807, 2.05) is 13.1 Å². The topological polar surface area (TPSA) is 97.1 Å². The molecule has 0 aliphatic carbocycles. The Labute approximate surface area is 131 Å². The molecule has 23 heavy (non-hydrogen) atoms. The first kappa shape index (κ1) is 18.0. The molecule has 0 saturated heterocycles. The van der Waals surface area contributed by atoms with Crippen LogP contribution >= 0.6 is 0 Å². The Bertz CT molecular complexity index is 691. The van der Waals surface area contributed by atoms with E-state index in [0.717, 1.165) is 17.8 Å². The lowest BCUT2D eigenvalue weighted by molar-refractivity contribution is -0.114. The Balaban J connectivity index is 0.000000231. The van der Waals surface area contributed by atoms with Crippen LogP contribution in [0.2, 0.25) is 0 Å². The van der Waals surface area contributed by atoms with E-state index >= 15 is 0 Å². The van der Waals surface area contributed by atoms with Crippen molar-refractivity contribution in [2.45, 2.75) is 6.92 Å². The Morgan fingerprint density at radius 3 is 2.39 bits per heavy atom. The summed E-state index contributed by atoms with van der Waals surface area (Å²) in [5, 5.41) is 5.51. The first-order valence-electron chi connectivity index (χ1n) is 6.49. The molecule has 0 saturated carbocycles. The fraction of sp³-hybridized carbons (Fsp3) is 0.133. The summed E-state index contributed by atoms with van der Waals surface area (Å²) in [6.45, 7) is 1.45. The monoisotopic (exact) mass is 322 g/mol. The number of hydrogen-bond acceptors (Lipinski definition) is 5. The summed E-state index contributed by atoms with van der Waals surface area (Å²) in [5.41, 5.74) is 5.14. The highest BCUT2D eigenvalue weighted by Crippen LogP contribution is 2.16. The minimum atomic E-state index is -1.000. The first-order valence-corrected chi connectivity index (χ1v) is 6.49. The molecule has 1 heterocycles. The van der Waals surface area contributed by atoms with Crippen LogP contribution in [-0.4, -0.2) is 24.2 Å². The van der Waals surface area contributed by atoms with Crippen LogP contribution in [0.1, 0.15) is 17.3 Å². The molecule has 4 N–H and O–H groups in total. The molecule has 1 aromatic carbocycles. The molecule has 0 aliphatic rings. The van der Waals surface area contributed by atoms with E-state index < -0.39 is 17.2 Å². The van der Waals surface area contributed by atoms with Crippen LogP contribution in [0.5, 0.6) is 0 Å². The van der Waals surface area contributed by atoms with Gasteiger partial charge >= 0.3 is 0 Å². The van der Waals surface area contributed by atoms with Gasteiger partial charge in [-0.1, -0.05) is 0 Å². The third-order valence-electron chi connectivity index (χ3n) is 2.63. The van der Waals surface area contributed by atoms with Gasteiger partial charge < -0.3 is 16.4 Å². The molecule has 8 heteroatoms. The normalized spacial score (nSPS) is 9.39. The number of aromatic nitrogens is 1. The van der Waals surface area contributed by atoms with E-state index in [9.17, 15) is 18.4 Å². The van der Waals surface area contributed by atoms with E-state index in [-0.39, 0.29) is 17.9 Å². The maximum absolute atomic E-state index is 12.7. The second-order valence-corrected chi connectivity index (χ2v) is 4.35. The zero-order chi connectivity index (χ0) is 17.4. The molecular formula is C15H16F2N4O2. The lowest BCUT2D eigenvalue weighted by Gasteiger charge is -2.01. The Morgan fingerprint density at radius 1 is 1.26 bits per heavy atom. The number of nitrogens with one attached hydrogen (secondary N) is 2. The van der Waals surface area contributed by atoms with Crippen LogP contribution in [0.15, 0.2) is 30.5 Å². The van der Waals surface area contributed by atoms with Gasteiger partial charge in [0.15, 0.2) is 12.1 Å². The van der Waals surface area contributed by atoms with Gasteiger partial charge in [0.1, 0.15) is 11.6 Å². The number of hydrogen-bond donors (Lipinski definition) is 3. The number of halogens is 2. The summed E-state index contributed by atoms with van der Waals surface area (Å²) in [4.78, 5) is 24.7. The van der Waals surface area contributed by atoms with Crippen molar-refractivity contribution < 1.29 is 18.4 Å². The molecule has 1 aromatic heterocycles. The van der Waals surface area contributed by atoms with Gasteiger partial charge in [-0.05, 0) is 24.3 Å². The van der Waals surface area contributed by atoms with E-state index in [1.165, 1.54) is 6.92 Å². The minimum absolute atomic E-state index is 0.0982. The van der Waals surface area contributed by atoms with Crippen LogP contribution in [0, 0.1) is 11.6 Å². The van der Waals surface area contributed by atoms with Crippen molar-refractivity contribution in [3.8, 4) is 0 Å². The Morgan fingerprint density at radius 2 is 1.96 bits per heavy atom. The van der Waals surface area contributed by atoms with Gasteiger partial charge in [0, 0.05) is 14.0 Å². The molecule has 2 rings (SSSR count). The summed E-state index contributed by atoms with van der Waals surface area (Å²) in [6.07, 6.45) is 1.76. The molecule has 1 amide bonds. The summed E-state index contributed by atoms with van der Waals surface area (Å²) in [5.74, 6) is -1.44. The van der Waals surface area contributed by atoms with Crippen molar-refractivity contribution in [3.63, 3.8) is 0 Å². The highest BCUT2D eigenvalue weighted by atomic mass is 19.1. The quantitative estimate of drug-likeness (QED) is 0.596. The van der Waals surface area contributed by atoms with Gasteiger partial charge in [0.2, 0.25) is 5.91 Å². The fourth-order valence-corrected chi connectivity index (χ4v) is 1.49. The summed E-state index contributed by atoms with van der Waals surface area (Å²) >= 11 is 0. The molecule has 0 unspecified atom stereocenters. The van der Waals surface area contributed by atoms with Crippen molar-refractivity contribution in [2.75, 3.05) is 23.4 Å². The number of amides is 1. The lowest BCUT2D eigenvalue weighted by atomic mass is 10.2. The number of benzene rings is 1. The van der Waals surface area contributed by atoms with Gasteiger partial charge in [0.25, 0.3) is 0 Å². The predicted octanol–water partition coefficient (Wildman–Crippen LogP) is 2.44. The number of aldehydes is 1. The molecule has 2 aromatic rings. The number of nitrogens with zero attached hydrogens (tertiary/aromatic N) is 1. The van der Waals surface area contributed by atoms with Crippen molar-refractivity contribution in [1.29, 1.82) is 0 Å². The highest BCUT2D eigenvalue weighted by Gasteiger charge is 2.09. The average molecular weight is 322 g/mol. The standard InChI is InChI=1S/C8H11N3O.C7H5F2NO/c1-6(12)11-8-4-3-7(9-2)5-10-8;8-5-1-2-6(10)7(9)4(5)3-11/h3-5,9H,1-2H3,(H,10,11,12);1-3H,10H2. The highest BCUT2D eigenvalue weighted by molar-refractivity contribution is 5.87. The molecule has 0 aliphatic heterocycles. The van der Waals surface area contributed by atoms with Crippen molar-refractivity contribution in [2.24, 2.45) is 0 Å². The number of rotatable bonds is 3. The van der Waals surface area contributed by atoms with Crippen molar-refractivity contribution in [1.82, 2.24) is 4.98 Å². The Kier molecular flexibility index (Phi) is 6.60. The number of nitrogen functional groups attached to an aromatic ring is 1. The third-order valence-corrected chi connectivity index (χ3v) is 2.63. The largest absolute Gasteiger partial charge is 0.396 e. The van der Waals surface area contributed by atoms with Gasteiger partial charge in [-0.15, -0.1) is 0 Å². The maximum Gasteiger partial charge on any atom is 0.222 e. The van der Waals surface area contributed by atoms with Gasteiger partial charge in [-0.3, -0.25) is 9.59 Å². The zero-order valence-corrected chi connectivity index (χ0v) is 12.6. The van der Waals surface area contributed by atoms with Gasteiger partial charge in [0.05, 0.1) is 23.1 Å². The molecule has 0 atom stereocenters. The summed E-state index contributed by atoms with van der Waals surface area (Å²) < 4.78 is 25.2. The number of carbonyl (C=O) groups excluding carboxylic acids is 2. The molecule has 0 spiro atoms. The number of nitrogens with two attached hydrogens (primary N) is 1. The predicted molar refractivity (Wildman–Crippen MR) is 84.2 cm³/mol. The summed E-state index contributed by atoms with van der Waals surface area (Å²) in [6, 6.07) is 5.60. The van der Waals surface area contributed by atoms with Crippen LogP contribution in [0.3, 0.4) is 0 Å². The van der Waals surface area contributed by atoms with E-state index in [1.54, 1.807) is 12.3 Å². The third kappa shape index (κ3) is 5.34. The molecular weight excluding hydrogens is 306 g/mol. The Hall–Kier alpha value is -3.03. The molecule has 6 nitrogen and oxygen atoms in total. The minimum Gasteiger partial charge on any atom is -0.396 e. The van der Waals surface area contributed by atoms with E-state index in [4.69, 9.17) is 5.73 Å². The molecule has 0 radical (unpaired) electrons.